The van der Waals surface area contributed by atoms with Gasteiger partial charge in [0.1, 0.15) is 19.0 Å². The maximum Gasteiger partial charge on any atom is 0.335 e. The Bertz CT molecular complexity index is 1870. The van der Waals surface area contributed by atoms with E-state index in [4.69, 9.17) is 16.3 Å². The van der Waals surface area contributed by atoms with Crippen LogP contribution in [0.15, 0.2) is 67.0 Å². The molecule has 5 rings (SSSR count). The SMILES string of the molecule is COCC(=O)N(C)c1cccc2c1CCN(C(=O)/C=C/c1c(-n3cnnn3)ccc(Cl)c1F)C2C(=O)N(C)c1ccc(C(=O)O)cc1. The van der Waals surface area contributed by atoms with Gasteiger partial charge in [-0.25, -0.2) is 9.18 Å². The molecule has 1 unspecified atom stereocenters. The van der Waals surface area contributed by atoms with Gasteiger partial charge >= 0.3 is 5.97 Å². The van der Waals surface area contributed by atoms with E-state index in [0.717, 1.165) is 6.08 Å². The molecule has 0 saturated carbocycles. The first-order chi connectivity index (χ1) is 22.5. The molecular formula is C32H29ClFN7O6. The maximum absolute atomic E-state index is 15.2. The molecule has 0 radical (unpaired) electrons. The van der Waals surface area contributed by atoms with Crippen molar-refractivity contribution in [3.63, 3.8) is 0 Å². The summed E-state index contributed by atoms with van der Waals surface area (Å²) < 4.78 is 21.5. The summed E-state index contributed by atoms with van der Waals surface area (Å²) in [7, 11) is 4.53. The third-order valence-electron chi connectivity index (χ3n) is 7.85. The zero-order valence-corrected chi connectivity index (χ0v) is 26.3. The number of carboxylic acid groups (broad SMARTS) is 1. The number of halogens is 2. The molecule has 0 bridgehead atoms. The molecule has 1 aliphatic rings. The van der Waals surface area contributed by atoms with Crippen LogP contribution in [0.25, 0.3) is 11.8 Å². The van der Waals surface area contributed by atoms with E-state index < -0.39 is 29.6 Å². The molecule has 1 aliphatic heterocycles. The van der Waals surface area contributed by atoms with E-state index in [1.165, 1.54) is 82.3 Å². The number of carboxylic acids is 1. The molecule has 2 heterocycles. The number of carbonyl (C=O) groups is 4. The van der Waals surface area contributed by atoms with E-state index in [-0.39, 0.29) is 40.9 Å². The number of carbonyl (C=O) groups excluding carboxylic acids is 3. The van der Waals surface area contributed by atoms with E-state index in [0.29, 0.717) is 28.9 Å². The van der Waals surface area contributed by atoms with Crippen LogP contribution in [0.2, 0.25) is 5.02 Å². The standard InChI is InChI=1S/C32H29ClFN7O6/c1-38(20-9-7-19(8-10-20)32(45)46)31(44)30-22-5-4-6-25(39(2)28(43)17-47-3)21(22)15-16-40(30)27(42)14-11-23-26(41-18-35-36-37-41)13-12-24(33)29(23)34/h4-14,18,30H,15-17H2,1-3H3,(H,45,46)/b14-11+. The largest absolute Gasteiger partial charge is 0.478 e. The minimum absolute atomic E-state index is 0.0437. The zero-order chi connectivity index (χ0) is 33.8. The van der Waals surface area contributed by atoms with E-state index in [1.54, 1.807) is 25.2 Å². The van der Waals surface area contributed by atoms with Crippen LogP contribution in [0.5, 0.6) is 0 Å². The molecule has 0 saturated heterocycles. The molecule has 47 heavy (non-hydrogen) atoms. The number of aromatic nitrogens is 4. The van der Waals surface area contributed by atoms with Crippen LogP contribution in [0.1, 0.15) is 33.1 Å². The van der Waals surface area contributed by atoms with Crippen LogP contribution in [0.3, 0.4) is 0 Å². The van der Waals surface area contributed by atoms with Gasteiger partial charge in [-0.3, -0.25) is 14.4 Å². The van der Waals surface area contributed by atoms with E-state index in [2.05, 4.69) is 15.5 Å². The lowest BCUT2D eigenvalue weighted by Gasteiger charge is -2.39. The third-order valence-corrected chi connectivity index (χ3v) is 8.14. The average molecular weight is 662 g/mol. The minimum Gasteiger partial charge on any atom is -0.478 e. The van der Waals surface area contributed by atoms with E-state index in [1.807, 2.05) is 0 Å². The van der Waals surface area contributed by atoms with Crippen molar-refractivity contribution in [2.24, 2.45) is 0 Å². The lowest BCUT2D eigenvalue weighted by atomic mass is 9.89. The Labute approximate surface area is 273 Å². The fraction of sp³-hybridized carbons (Fsp3) is 0.219. The predicted octanol–water partition coefficient (Wildman–Crippen LogP) is 3.56. The van der Waals surface area contributed by atoms with Gasteiger partial charge in [0.15, 0.2) is 5.82 Å². The van der Waals surface area contributed by atoms with Crippen molar-refractivity contribution in [1.82, 2.24) is 25.1 Å². The van der Waals surface area contributed by atoms with E-state index >= 15 is 4.39 Å². The van der Waals surface area contributed by atoms with Gasteiger partial charge in [0.05, 0.1) is 16.3 Å². The van der Waals surface area contributed by atoms with E-state index in [9.17, 15) is 24.3 Å². The van der Waals surface area contributed by atoms with Gasteiger partial charge < -0.3 is 24.5 Å². The van der Waals surface area contributed by atoms with Crippen LogP contribution in [-0.2, 0) is 25.5 Å². The molecule has 15 heteroatoms. The number of aromatic carboxylic acids is 1. The topological polar surface area (TPSA) is 151 Å². The number of anilines is 2. The molecular weight excluding hydrogens is 633 g/mol. The first-order valence-electron chi connectivity index (χ1n) is 14.2. The summed E-state index contributed by atoms with van der Waals surface area (Å²) in [5, 5.41) is 20.1. The van der Waals surface area contributed by atoms with Gasteiger partial charge in [-0.1, -0.05) is 23.7 Å². The number of tetrazole rings is 1. The minimum atomic E-state index is -1.16. The molecule has 242 valence electrons. The van der Waals surface area contributed by atoms with Crippen molar-refractivity contribution in [2.75, 3.05) is 44.2 Å². The number of rotatable bonds is 9. The second-order valence-corrected chi connectivity index (χ2v) is 11.0. The Morgan fingerprint density at radius 2 is 1.83 bits per heavy atom. The van der Waals surface area contributed by atoms with Gasteiger partial charge in [0.2, 0.25) is 5.91 Å². The lowest BCUT2D eigenvalue weighted by Crippen LogP contribution is -2.47. The second-order valence-electron chi connectivity index (χ2n) is 10.5. The molecule has 3 amide bonds. The molecule has 1 aromatic heterocycles. The molecule has 13 nitrogen and oxygen atoms in total. The van der Waals surface area contributed by atoms with Crippen LogP contribution < -0.4 is 9.80 Å². The number of methoxy groups -OCH3 is 1. The van der Waals surface area contributed by atoms with Crippen molar-refractivity contribution in [1.29, 1.82) is 0 Å². The summed E-state index contributed by atoms with van der Waals surface area (Å²) in [5.74, 6) is -3.31. The Morgan fingerprint density at radius 1 is 1.09 bits per heavy atom. The number of benzene rings is 3. The van der Waals surface area contributed by atoms with Crippen LogP contribution in [-0.4, -0.2) is 88.3 Å². The van der Waals surface area contributed by atoms with Gasteiger partial charge in [-0.15, -0.1) is 5.10 Å². The third kappa shape index (κ3) is 6.59. The maximum atomic E-state index is 15.2. The number of hydrogen-bond donors (Lipinski definition) is 1. The van der Waals surface area contributed by atoms with Gasteiger partial charge in [0, 0.05) is 50.8 Å². The molecule has 1 N–H and O–H groups in total. The fourth-order valence-electron chi connectivity index (χ4n) is 5.40. The van der Waals surface area contributed by atoms with Crippen LogP contribution in [0, 0.1) is 5.82 Å². The molecule has 0 fully saturated rings. The highest BCUT2D eigenvalue weighted by Gasteiger charge is 2.38. The smallest absolute Gasteiger partial charge is 0.335 e. The van der Waals surface area contributed by atoms with Crippen molar-refractivity contribution >= 4 is 52.7 Å². The first kappa shape index (κ1) is 32.9. The number of amides is 3. The Hall–Kier alpha value is -5.47. The van der Waals surface area contributed by atoms with Crippen molar-refractivity contribution in [2.45, 2.75) is 12.5 Å². The summed E-state index contributed by atoms with van der Waals surface area (Å²) in [4.78, 5) is 56.4. The summed E-state index contributed by atoms with van der Waals surface area (Å²) in [5.41, 5.74) is 2.38. The van der Waals surface area contributed by atoms with Crippen molar-refractivity contribution < 1.29 is 33.4 Å². The second kappa shape index (κ2) is 13.9. The average Bonchev–Trinajstić information content (AvgIpc) is 3.62. The summed E-state index contributed by atoms with van der Waals surface area (Å²) in [6.45, 7) is -0.0701. The normalized spacial score (nSPS) is 14.1. The number of fused-ring (bicyclic) bond motifs is 1. The Morgan fingerprint density at radius 3 is 2.49 bits per heavy atom. The van der Waals surface area contributed by atoms with Crippen LogP contribution >= 0.6 is 11.6 Å². The molecule has 0 spiro atoms. The quantitative estimate of drug-likeness (QED) is 0.266. The highest BCUT2D eigenvalue weighted by molar-refractivity contribution is 6.31. The van der Waals surface area contributed by atoms with Gasteiger partial charge in [-0.05, 0) is 76.5 Å². The molecule has 4 aromatic rings. The number of hydrogen-bond acceptors (Lipinski definition) is 8. The Balaban J connectivity index is 1.56. The number of nitrogens with zero attached hydrogens (tertiary/aromatic N) is 7. The van der Waals surface area contributed by atoms with Crippen molar-refractivity contribution in [3.8, 4) is 5.69 Å². The number of ether oxygens (including phenoxy) is 1. The summed E-state index contributed by atoms with van der Waals surface area (Å²) >= 11 is 6.05. The summed E-state index contributed by atoms with van der Waals surface area (Å²) in [6.07, 6.45) is 3.97. The summed E-state index contributed by atoms with van der Waals surface area (Å²) in [6, 6.07) is 12.6. The molecule has 1 atom stereocenters. The zero-order valence-electron chi connectivity index (χ0n) is 25.5. The fourth-order valence-corrected chi connectivity index (χ4v) is 5.56. The number of likely N-dealkylation sites (N-methyl/N-ethyl adjacent to an activating group) is 2. The molecule has 3 aromatic carbocycles. The van der Waals surface area contributed by atoms with Gasteiger partial charge in [0.25, 0.3) is 11.8 Å². The highest BCUT2D eigenvalue weighted by atomic mass is 35.5. The van der Waals surface area contributed by atoms with Gasteiger partial charge in [-0.2, -0.15) is 4.68 Å². The highest BCUT2D eigenvalue weighted by Crippen LogP contribution is 2.37. The molecule has 0 aliphatic carbocycles. The first-order valence-corrected chi connectivity index (χ1v) is 14.6. The predicted molar refractivity (Wildman–Crippen MR) is 170 cm³/mol. The monoisotopic (exact) mass is 661 g/mol. The van der Waals surface area contributed by atoms with Crippen LogP contribution in [0.4, 0.5) is 15.8 Å². The van der Waals surface area contributed by atoms with Crippen molar-refractivity contribution in [3.05, 3.63) is 100 Å². The lowest BCUT2D eigenvalue weighted by molar-refractivity contribution is -0.136. The Kier molecular flexibility index (Phi) is 9.72.